The van der Waals surface area contributed by atoms with E-state index in [0.717, 1.165) is 19.5 Å². The summed E-state index contributed by atoms with van der Waals surface area (Å²) >= 11 is 1.76. The number of thiophene rings is 1. The van der Waals surface area contributed by atoms with Gasteiger partial charge < -0.3 is 15.0 Å². The lowest BCUT2D eigenvalue weighted by molar-refractivity contribution is 0.0285. The zero-order chi connectivity index (χ0) is 14.8. The lowest BCUT2D eigenvalue weighted by atomic mass is 9.98. The second-order valence-corrected chi connectivity index (χ2v) is 7.24. The van der Waals surface area contributed by atoms with Crippen LogP contribution in [0.2, 0.25) is 0 Å². The molecule has 112 valence electrons. The van der Waals surface area contributed by atoms with Gasteiger partial charge in [0.05, 0.1) is 0 Å². The van der Waals surface area contributed by atoms with Gasteiger partial charge in [-0.2, -0.15) is 0 Å². The molecule has 2 unspecified atom stereocenters. The number of likely N-dealkylation sites (tertiary alicyclic amines) is 1. The third kappa shape index (κ3) is 3.73. The first-order chi connectivity index (χ1) is 9.40. The molecule has 2 atom stereocenters. The molecule has 1 aliphatic heterocycles. The van der Waals surface area contributed by atoms with Gasteiger partial charge in [-0.15, -0.1) is 11.3 Å². The van der Waals surface area contributed by atoms with Crippen LogP contribution in [0.5, 0.6) is 0 Å². The summed E-state index contributed by atoms with van der Waals surface area (Å²) in [6, 6.07) is 4.55. The van der Waals surface area contributed by atoms with Gasteiger partial charge in [0.25, 0.3) is 0 Å². The van der Waals surface area contributed by atoms with Crippen LogP contribution < -0.4 is 5.32 Å². The maximum Gasteiger partial charge on any atom is 0.410 e. The maximum absolute atomic E-state index is 12.1. The van der Waals surface area contributed by atoms with Crippen molar-refractivity contribution < 1.29 is 9.53 Å². The molecular formula is C15H24N2O2S. The van der Waals surface area contributed by atoms with E-state index in [1.54, 1.807) is 11.3 Å². The third-order valence-corrected chi connectivity index (χ3v) is 4.46. The predicted molar refractivity (Wildman–Crippen MR) is 82.0 cm³/mol. The predicted octanol–water partition coefficient (Wildman–Crippen LogP) is 3.27. The number of carbonyl (C=O) groups excluding carboxylic acids is 1. The molecule has 0 radical (unpaired) electrons. The summed E-state index contributed by atoms with van der Waals surface area (Å²) in [5.41, 5.74) is -0.425. The molecule has 0 saturated carbocycles. The van der Waals surface area contributed by atoms with E-state index in [0.29, 0.717) is 12.0 Å². The van der Waals surface area contributed by atoms with Crippen molar-refractivity contribution in [2.45, 2.75) is 38.8 Å². The second-order valence-electron chi connectivity index (χ2n) is 6.26. The van der Waals surface area contributed by atoms with Gasteiger partial charge in [-0.05, 0) is 51.6 Å². The van der Waals surface area contributed by atoms with E-state index >= 15 is 0 Å². The minimum absolute atomic E-state index is 0.193. The van der Waals surface area contributed by atoms with E-state index in [9.17, 15) is 4.79 Å². The highest BCUT2D eigenvalue weighted by Gasteiger charge is 2.34. The van der Waals surface area contributed by atoms with E-state index in [1.807, 2.05) is 32.7 Å². The second kappa shape index (κ2) is 6.14. The van der Waals surface area contributed by atoms with Crippen LogP contribution in [0.1, 0.15) is 38.1 Å². The van der Waals surface area contributed by atoms with Crippen LogP contribution in [0.3, 0.4) is 0 Å². The summed E-state index contributed by atoms with van der Waals surface area (Å²) in [6.45, 7) is 7.25. The van der Waals surface area contributed by atoms with Crippen LogP contribution in [-0.2, 0) is 4.74 Å². The van der Waals surface area contributed by atoms with Gasteiger partial charge in [0, 0.05) is 24.0 Å². The number of rotatable bonds is 3. The Morgan fingerprint density at radius 2 is 2.30 bits per heavy atom. The molecule has 1 aromatic heterocycles. The highest BCUT2D eigenvalue weighted by molar-refractivity contribution is 7.10. The van der Waals surface area contributed by atoms with Crippen molar-refractivity contribution >= 4 is 17.4 Å². The smallest absolute Gasteiger partial charge is 0.410 e. The molecule has 0 aliphatic carbocycles. The molecule has 2 rings (SSSR count). The average Bonchev–Trinajstić information content (AvgIpc) is 2.98. The summed E-state index contributed by atoms with van der Waals surface area (Å²) < 4.78 is 5.44. The number of nitrogens with one attached hydrogen (secondary N) is 1. The van der Waals surface area contributed by atoms with Gasteiger partial charge in [-0.25, -0.2) is 4.79 Å². The van der Waals surface area contributed by atoms with Crippen LogP contribution in [-0.4, -0.2) is 36.7 Å². The van der Waals surface area contributed by atoms with E-state index in [-0.39, 0.29) is 6.09 Å². The van der Waals surface area contributed by atoms with Crippen molar-refractivity contribution in [3.05, 3.63) is 22.4 Å². The van der Waals surface area contributed by atoms with E-state index in [2.05, 4.69) is 22.8 Å². The zero-order valence-corrected chi connectivity index (χ0v) is 13.5. The Hall–Kier alpha value is -1.07. The number of hydrogen-bond acceptors (Lipinski definition) is 4. The van der Waals surface area contributed by atoms with Gasteiger partial charge in [0.1, 0.15) is 5.60 Å². The van der Waals surface area contributed by atoms with Crippen LogP contribution in [0.4, 0.5) is 4.79 Å². The average molecular weight is 296 g/mol. The molecule has 5 heteroatoms. The molecule has 1 aliphatic rings. The van der Waals surface area contributed by atoms with Crippen molar-refractivity contribution in [1.29, 1.82) is 0 Å². The minimum atomic E-state index is -0.425. The Bertz CT molecular complexity index is 439. The third-order valence-electron chi connectivity index (χ3n) is 3.51. The van der Waals surface area contributed by atoms with Crippen LogP contribution in [0.25, 0.3) is 0 Å². The van der Waals surface area contributed by atoms with Crippen molar-refractivity contribution in [1.82, 2.24) is 10.2 Å². The topological polar surface area (TPSA) is 41.6 Å². The van der Waals surface area contributed by atoms with Crippen molar-refractivity contribution in [2.75, 3.05) is 20.1 Å². The quantitative estimate of drug-likeness (QED) is 0.931. The van der Waals surface area contributed by atoms with E-state index in [1.165, 1.54) is 4.88 Å². The monoisotopic (exact) mass is 296 g/mol. The van der Waals surface area contributed by atoms with Gasteiger partial charge >= 0.3 is 6.09 Å². The van der Waals surface area contributed by atoms with Crippen LogP contribution >= 0.6 is 11.3 Å². The molecule has 1 aromatic rings. The number of amides is 1. The lowest BCUT2D eigenvalue weighted by Gasteiger charge is -2.25. The first-order valence-electron chi connectivity index (χ1n) is 7.09. The molecule has 20 heavy (non-hydrogen) atoms. The molecule has 0 aromatic carbocycles. The first-order valence-corrected chi connectivity index (χ1v) is 7.97. The summed E-state index contributed by atoms with van der Waals surface area (Å²) in [4.78, 5) is 15.3. The molecule has 0 spiro atoms. The Kier molecular flexibility index (Phi) is 4.70. The Balaban J connectivity index is 1.96. The fourth-order valence-electron chi connectivity index (χ4n) is 2.63. The molecule has 1 saturated heterocycles. The summed E-state index contributed by atoms with van der Waals surface area (Å²) in [5, 5.41) is 5.48. The first kappa shape index (κ1) is 15.3. The molecule has 2 heterocycles. The lowest BCUT2D eigenvalue weighted by Crippen LogP contribution is -2.36. The highest BCUT2D eigenvalue weighted by Crippen LogP contribution is 2.32. The normalized spacial score (nSPS) is 21.0. The molecule has 1 fully saturated rings. The number of ether oxygens (including phenoxy) is 1. The molecule has 1 N–H and O–H groups in total. The number of carbonyl (C=O) groups is 1. The van der Waals surface area contributed by atoms with Crippen molar-refractivity contribution in [2.24, 2.45) is 5.92 Å². The summed E-state index contributed by atoms with van der Waals surface area (Å²) in [6.07, 6.45) is 0.823. The SMILES string of the molecule is CNC(c1cccs1)C1CCN(C(=O)OC(C)(C)C)C1. The number of hydrogen-bond donors (Lipinski definition) is 1. The molecule has 0 bridgehead atoms. The Labute approximate surface area is 125 Å². The molecule has 4 nitrogen and oxygen atoms in total. The van der Waals surface area contributed by atoms with Crippen LogP contribution in [0, 0.1) is 5.92 Å². The summed E-state index contributed by atoms with van der Waals surface area (Å²) in [5.74, 6) is 0.450. The largest absolute Gasteiger partial charge is 0.444 e. The van der Waals surface area contributed by atoms with Gasteiger partial charge in [-0.3, -0.25) is 0 Å². The van der Waals surface area contributed by atoms with Gasteiger partial charge in [0.2, 0.25) is 0 Å². The molecular weight excluding hydrogens is 272 g/mol. The van der Waals surface area contributed by atoms with Crippen molar-refractivity contribution in [3.8, 4) is 0 Å². The molecule has 1 amide bonds. The Morgan fingerprint density at radius 3 is 2.85 bits per heavy atom. The Morgan fingerprint density at radius 1 is 1.55 bits per heavy atom. The highest BCUT2D eigenvalue weighted by atomic mass is 32.1. The maximum atomic E-state index is 12.1. The van der Waals surface area contributed by atoms with Crippen molar-refractivity contribution in [3.63, 3.8) is 0 Å². The number of nitrogens with zero attached hydrogens (tertiary/aromatic N) is 1. The minimum Gasteiger partial charge on any atom is -0.444 e. The summed E-state index contributed by atoms with van der Waals surface area (Å²) in [7, 11) is 1.99. The fourth-order valence-corrected chi connectivity index (χ4v) is 3.56. The van der Waals surface area contributed by atoms with E-state index < -0.39 is 5.60 Å². The zero-order valence-electron chi connectivity index (χ0n) is 12.7. The van der Waals surface area contributed by atoms with Crippen LogP contribution in [0.15, 0.2) is 17.5 Å². The standard InChI is InChI=1S/C15H24N2O2S/c1-15(2,3)19-14(18)17-8-7-11(10-17)13(16-4)12-6-5-9-20-12/h5-6,9,11,13,16H,7-8,10H2,1-4H3. The fraction of sp³-hybridized carbons (Fsp3) is 0.667. The van der Waals surface area contributed by atoms with Gasteiger partial charge in [0.15, 0.2) is 0 Å². The van der Waals surface area contributed by atoms with Gasteiger partial charge in [-0.1, -0.05) is 6.07 Å². The van der Waals surface area contributed by atoms with E-state index in [4.69, 9.17) is 4.74 Å².